The summed E-state index contributed by atoms with van der Waals surface area (Å²) < 4.78 is 69.0. The van der Waals surface area contributed by atoms with Gasteiger partial charge in [0.25, 0.3) is 10.0 Å². The van der Waals surface area contributed by atoms with Gasteiger partial charge in [-0.25, -0.2) is 8.42 Å². The largest absolute Gasteiger partial charge is 0.416 e. The summed E-state index contributed by atoms with van der Waals surface area (Å²) in [4.78, 5) is 28.4. The zero-order valence-electron chi connectivity index (χ0n) is 23.8. The Bertz CT molecular complexity index is 1430. The average molecular weight is 604 g/mol. The van der Waals surface area contributed by atoms with E-state index in [0.29, 0.717) is 23.2 Å². The lowest BCUT2D eigenvalue weighted by atomic mass is 10.1. The second kappa shape index (κ2) is 14.4. The highest BCUT2D eigenvalue weighted by Crippen LogP contribution is 2.33. The van der Waals surface area contributed by atoms with Crippen LogP contribution in [0.4, 0.5) is 18.9 Å². The Labute approximate surface area is 245 Å². The molecular formula is C31H36F3N3O4S. The molecular weight excluding hydrogens is 567 g/mol. The van der Waals surface area contributed by atoms with Gasteiger partial charge in [0.2, 0.25) is 11.8 Å². The third-order valence-corrected chi connectivity index (χ3v) is 8.73. The van der Waals surface area contributed by atoms with Crippen molar-refractivity contribution in [3.8, 4) is 0 Å². The molecule has 0 fully saturated rings. The molecule has 1 N–H and O–H groups in total. The number of halogens is 3. The molecule has 0 aliphatic rings. The number of amides is 2. The summed E-state index contributed by atoms with van der Waals surface area (Å²) in [5.41, 5.74) is -0.470. The maximum absolute atomic E-state index is 14.0. The molecule has 42 heavy (non-hydrogen) atoms. The van der Waals surface area contributed by atoms with Crippen molar-refractivity contribution in [2.24, 2.45) is 0 Å². The van der Waals surface area contributed by atoms with E-state index in [1.165, 1.54) is 35.2 Å². The van der Waals surface area contributed by atoms with Crippen LogP contribution in [0.1, 0.15) is 44.7 Å². The Hall–Kier alpha value is -3.86. The lowest BCUT2D eigenvalue weighted by Crippen LogP contribution is -2.54. The van der Waals surface area contributed by atoms with Crippen molar-refractivity contribution >= 4 is 27.5 Å². The van der Waals surface area contributed by atoms with Crippen LogP contribution in [-0.2, 0) is 32.2 Å². The predicted octanol–water partition coefficient (Wildman–Crippen LogP) is 5.67. The van der Waals surface area contributed by atoms with Gasteiger partial charge in [0.05, 0.1) is 16.1 Å². The zero-order chi connectivity index (χ0) is 30.9. The lowest BCUT2D eigenvalue weighted by Gasteiger charge is -2.33. The van der Waals surface area contributed by atoms with Gasteiger partial charge >= 0.3 is 6.18 Å². The van der Waals surface area contributed by atoms with Gasteiger partial charge in [-0.15, -0.1) is 0 Å². The average Bonchev–Trinajstić information content (AvgIpc) is 2.98. The van der Waals surface area contributed by atoms with Crippen molar-refractivity contribution in [2.75, 3.05) is 17.4 Å². The van der Waals surface area contributed by atoms with Crippen LogP contribution >= 0.6 is 0 Å². The molecule has 0 heterocycles. The molecule has 3 aromatic rings. The number of carbonyl (C=O) groups excluding carboxylic acids is 2. The van der Waals surface area contributed by atoms with E-state index in [1.54, 1.807) is 13.0 Å². The molecule has 0 bridgehead atoms. The van der Waals surface area contributed by atoms with Gasteiger partial charge in [-0.2, -0.15) is 13.2 Å². The summed E-state index contributed by atoms with van der Waals surface area (Å²) >= 11 is 0. The molecule has 226 valence electrons. The van der Waals surface area contributed by atoms with E-state index in [-0.39, 0.29) is 35.5 Å². The second-order valence-electron chi connectivity index (χ2n) is 9.94. The molecule has 0 aromatic heterocycles. The van der Waals surface area contributed by atoms with Crippen LogP contribution in [0.3, 0.4) is 0 Å². The van der Waals surface area contributed by atoms with Gasteiger partial charge in [0, 0.05) is 12.6 Å². The second-order valence-corrected chi connectivity index (χ2v) is 11.8. The number of rotatable bonds is 13. The van der Waals surface area contributed by atoms with Crippen molar-refractivity contribution in [3.63, 3.8) is 0 Å². The maximum atomic E-state index is 14.0. The van der Waals surface area contributed by atoms with Crippen molar-refractivity contribution in [1.82, 2.24) is 10.2 Å². The van der Waals surface area contributed by atoms with Gasteiger partial charge < -0.3 is 10.2 Å². The Kier molecular flexibility index (Phi) is 11.2. The third kappa shape index (κ3) is 8.34. The molecule has 2 amide bonds. The van der Waals surface area contributed by atoms with Crippen LogP contribution in [0, 0.1) is 0 Å². The van der Waals surface area contributed by atoms with Crippen molar-refractivity contribution in [3.05, 3.63) is 96.1 Å². The van der Waals surface area contributed by atoms with Gasteiger partial charge in [-0.05, 0) is 62.1 Å². The first kappa shape index (κ1) is 32.7. The molecule has 11 heteroatoms. The minimum Gasteiger partial charge on any atom is -0.352 e. The van der Waals surface area contributed by atoms with E-state index in [2.05, 4.69) is 5.32 Å². The monoisotopic (exact) mass is 603 g/mol. The Balaban J connectivity index is 2.06. The van der Waals surface area contributed by atoms with E-state index in [9.17, 15) is 31.2 Å². The standard InChI is InChI=1S/C31H36F3N3O4S/c1-4-23(3)35-30(39)28(5-2)36(20-19-24-13-8-6-9-14-24)29(38)22-37(42(40,41)27-17-10-7-11-18-27)26-16-12-15-25(21-26)31(32,33)34/h6-18,21,23,28H,4-5,19-20,22H2,1-3H3,(H,35,39)/t23-,28-/m0/s1. The first-order chi connectivity index (χ1) is 19.9. The summed E-state index contributed by atoms with van der Waals surface area (Å²) in [6.45, 7) is 4.78. The fraction of sp³-hybridized carbons (Fsp3) is 0.355. The number of sulfonamides is 1. The van der Waals surface area contributed by atoms with Crippen molar-refractivity contribution in [2.45, 2.75) is 63.2 Å². The molecule has 0 saturated heterocycles. The molecule has 0 aliphatic heterocycles. The van der Waals surface area contributed by atoms with Crippen molar-refractivity contribution < 1.29 is 31.2 Å². The van der Waals surface area contributed by atoms with Crippen molar-refractivity contribution in [1.29, 1.82) is 0 Å². The van der Waals surface area contributed by atoms with Crippen LogP contribution in [-0.4, -0.2) is 50.3 Å². The summed E-state index contributed by atoms with van der Waals surface area (Å²) in [5.74, 6) is -1.10. The van der Waals surface area contributed by atoms with Crippen LogP contribution in [0.15, 0.2) is 89.8 Å². The number of anilines is 1. The minimum atomic E-state index is -4.73. The highest BCUT2D eigenvalue weighted by atomic mass is 32.2. The highest BCUT2D eigenvalue weighted by molar-refractivity contribution is 7.92. The van der Waals surface area contributed by atoms with Crippen LogP contribution in [0.2, 0.25) is 0 Å². The van der Waals surface area contributed by atoms with Crippen LogP contribution < -0.4 is 9.62 Å². The first-order valence-corrected chi connectivity index (χ1v) is 15.2. The Morgan fingerprint density at radius 3 is 2.07 bits per heavy atom. The number of nitrogens with zero attached hydrogens (tertiary/aromatic N) is 2. The first-order valence-electron chi connectivity index (χ1n) is 13.8. The lowest BCUT2D eigenvalue weighted by molar-refractivity contribution is -0.139. The molecule has 0 saturated carbocycles. The number of hydrogen-bond donors (Lipinski definition) is 1. The quantitative estimate of drug-likeness (QED) is 0.273. The highest BCUT2D eigenvalue weighted by Gasteiger charge is 2.35. The van der Waals surface area contributed by atoms with Crippen LogP contribution in [0.5, 0.6) is 0 Å². The number of hydrogen-bond acceptors (Lipinski definition) is 4. The third-order valence-electron chi connectivity index (χ3n) is 6.94. The Morgan fingerprint density at radius 2 is 1.50 bits per heavy atom. The van der Waals surface area contributed by atoms with Gasteiger partial charge in [-0.1, -0.05) is 68.4 Å². The molecule has 7 nitrogen and oxygen atoms in total. The van der Waals surface area contributed by atoms with E-state index < -0.39 is 40.3 Å². The van der Waals surface area contributed by atoms with Crippen LogP contribution in [0.25, 0.3) is 0 Å². The molecule has 3 aromatic carbocycles. The fourth-order valence-electron chi connectivity index (χ4n) is 4.42. The molecule has 0 aliphatic carbocycles. The molecule has 0 spiro atoms. The summed E-state index contributed by atoms with van der Waals surface area (Å²) in [5, 5.41) is 2.89. The smallest absolute Gasteiger partial charge is 0.352 e. The molecule has 0 unspecified atom stereocenters. The van der Waals surface area contributed by atoms with Gasteiger partial charge in [0.1, 0.15) is 12.6 Å². The minimum absolute atomic E-state index is 0.0943. The summed E-state index contributed by atoms with van der Waals surface area (Å²) in [7, 11) is -4.47. The normalized spacial score (nSPS) is 13.2. The SMILES string of the molecule is CC[C@H](C)NC(=O)[C@H](CC)N(CCc1ccccc1)C(=O)CN(c1cccc(C(F)(F)F)c1)S(=O)(=O)c1ccccc1. The van der Waals surface area contributed by atoms with Gasteiger partial charge in [-0.3, -0.25) is 13.9 Å². The Morgan fingerprint density at radius 1 is 0.881 bits per heavy atom. The topological polar surface area (TPSA) is 86.8 Å². The van der Waals surface area contributed by atoms with E-state index in [1.807, 2.05) is 44.2 Å². The molecule has 3 rings (SSSR count). The van der Waals surface area contributed by atoms with E-state index >= 15 is 0 Å². The molecule has 2 atom stereocenters. The van der Waals surface area contributed by atoms with E-state index in [4.69, 9.17) is 0 Å². The fourth-order valence-corrected chi connectivity index (χ4v) is 5.85. The number of benzene rings is 3. The van der Waals surface area contributed by atoms with Gasteiger partial charge in [0.15, 0.2) is 0 Å². The van der Waals surface area contributed by atoms with E-state index in [0.717, 1.165) is 17.7 Å². The summed E-state index contributed by atoms with van der Waals surface area (Å²) in [6.07, 6.45) is -3.43. The number of alkyl halides is 3. The zero-order valence-corrected chi connectivity index (χ0v) is 24.7. The predicted molar refractivity (Wildman–Crippen MR) is 156 cm³/mol. The maximum Gasteiger partial charge on any atom is 0.416 e. The number of nitrogens with one attached hydrogen (secondary N) is 1. The number of carbonyl (C=O) groups is 2. The molecule has 0 radical (unpaired) electrons. The summed E-state index contributed by atoms with van der Waals surface area (Å²) in [6, 6.07) is 19.2.